The summed E-state index contributed by atoms with van der Waals surface area (Å²) in [7, 11) is 0. The first-order chi connectivity index (χ1) is 14.4. The number of carbonyl (C=O) groups is 1. The first kappa shape index (κ1) is 19.7. The molecule has 0 fully saturated rings. The number of hydrogen-bond donors (Lipinski definition) is 4. The summed E-state index contributed by atoms with van der Waals surface area (Å²) >= 11 is 5.14. The highest BCUT2D eigenvalue weighted by Gasteiger charge is 2.36. The second-order valence-corrected chi connectivity index (χ2v) is 7.36. The van der Waals surface area contributed by atoms with Crippen molar-refractivity contribution in [1.29, 1.82) is 0 Å². The molecule has 152 valence electrons. The van der Waals surface area contributed by atoms with Gasteiger partial charge in [0, 0.05) is 11.3 Å². The van der Waals surface area contributed by atoms with E-state index in [0.29, 0.717) is 34.0 Å². The molecule has 7 nitrogen and oxygen atoms in total. The molecule has 2 heterocycles. The number of aromatic nitrogens is 2. The minimum absolute atomic E-state index is 0.0811. The summed E-state index contributed by atoms with van der Waals surface area (Å²) in [5.41, 5.74) is 9.36. The number of allylic oxidation sites excluding steroid dienone is 1. The van der Waals surface area contributed by atoms with E-state index in [1.54, 1.807) is 25.1 Å². The van der Waals surface area contributed by atoms with Crippen LogP contribution in [0.3, 0.4) is 0 Å². The Morgan fingerprint density at radius 2 is 2.00 bits per heavy atom. The van der Waals surface area contributed by atoms with E-state index < -0.39 is 11.9 Å². The molecule has 0 radical (unpaired) electrons. The Morgan fingerprint density at radius 3 is 2.73 bits per heavy atom. The Morgan fingerprint density at radius 1 is 1.23 bits per heavy atom. The fourth-order valence-corrected chi connectivity index (χ4v) is 3.80. The van der Waals surface area contributed by atoms with Gasteiger partial charge in [-0.15, -0.1) is 0 Å². The first-order valence-electron chi connectivity index (χ1n) is 9.31. The Kier molecular flexibility index (Phi) is 5.24. The first-order valence-corrected chi connectivity index (χ1v) is 9.72. The zero-order chi connectivity index (χ0) is 21.3. The van der Waals surface area contributed by atoms with E-state index in [1.165, 1.54) is 0 Å². The molecule has 5 N–H and O–H groups in total. The minimum atomic E-state index is -0.587. The van der Waals surface area contributed by atoms with E-state index in [2.05, 4.69) is 15.3 Å². The highest BCUT2D eigenvalue weighted by molar-refractivity contribution is 7.71. The number of benzene rings is 2. The van der Waals surface area contributed by atoms with E-state index in [1.807, 2.05) is 36.4 Å². The van der Waals surface area contributed by atoms with Crippen LogP contribution in [0.2, 0.25) is 0 Å². The van der Waals surface area contributed by atoms with E-state index in [4.69, 9.17) is 22.7 Å². The topological polar surface area (TPSA) is 113 Å². The molecule has 0 aliphatic carbocycles. The summed E-state index contributed by atoms with van der Waals surface area (Å²) < 4.78 is 5.84. The average Bonchev–Trinajstić information content (AvgIpc) is 2.71. The molecule has 0 saturated heterocycles. The van der Waals surface area contributed by atoms with Crippen LogP contribution in [-0.2, 0) is 16.1 Å². The number of anilines is 2. The summed E-state index contributed by atoms with van der Waals surface area (Å²) in [5, 5.41) is 13.2. The highest BCUT2D eigenvalue weighted by atomic mass is 32.1. The van der Waals surface area contributed by atoms with Crippen molar-refractivity contribution in [3.63, 3.8) is 0 Å². The Hall–Kier alpha value is -3.65. The number of ether oxygens (including phenoxy) is 1. The number of hydrogen-bond acceptors (Lipinski definition) is 7. The number of H-pyrrole nitrogens is 1. The van der Waals surface area contributed by atoms with E-state index in [0.717, 1.165) is 5.56 Å². The number of carbonyl (C=O) groups excluding carboxylic acids is 1. The number of phenols is 1. The average molecular weight is 420 g/mol. The van der Waals surface area contributed by atoms with Gasteiger partial charge in [0.25, 0.3) is 0 Å². The number of aromatic hydroxyl groups is 1. The largest absolute Gasteiger partial charge is 0.508 e. The molecule has 1 aliphatic rings. The Labute approximate surface area is 178 Å². The maximum absolute atomic E-state index is 13.2. The van der Waals surface area contributed by atoms with Crippen LogP contribution < -0.4 is 11.1 Å². The van der Waals surface area contributed by atoms with Crippen molar-refractivity contribution >= 4 is 29.8 Å². The Bertz CT molecular complexity index is 1200. The molecule has 3 aromatic rings. The van der Waals surface area contributed by atoms with Crippen LogP contribution in [-0.4, -0.2) is 21.0 Å². The number of phenolic OH excluding ortho intramolecular Hbond substituents is 1. The monoisotopic (exact) mass is 420 g/mol. The second kappa shape index (κ2) is 8.00. The lowest BCUT2D eigenvalue weighted by atomic mass is 9.82. The lowest BCUT2D eigenvalue weighted by Gasteiger charge is -2.30. The fraction of sp³-hybridized carbons (Fsp3) is 0.136. The third-order valence-corrected chi connectivity index (χ3v) is 5.12. The predicted octanol–water partition coefficient (Wildman–Crippen LogP) is 4.00. The molecule has 1 atom stereocenters. The van der Waals surface area contributed by atoms with Crippen molar-refractivity contribution in [1.82, 2.24) is 9.97 Å². The van der Waals surface area contributed by atoms with Crippen molar-refractivity contribution < 1.29 is 14.6 Å². The number of nitrogens with two attached hydrogens (primary N) is 1. The Balaban J connectivity index is 1.79. The normalized spacial score (nSPS) is 15.3. The van der Waals surface area contributed by atoms with Gasteiger partial charge < -0.3 is 25.9 Å². The maximum atomic E-state index is 13.2. The quantitative estimate of drug-likeness (QED) is 0.373. The van der Waals surface area contributed by atoms with Gasteiger partial charge in [0.2, 0.25) is 0 Å². The number of esters is 1. The number of fused-ring (bicyclic) bond motifs is 1. The van der Waals surface area contributed by atoms with Crippen molar-refractivity contribution in [2.24, 2.45) is 0 Å². The summed E-state index contributed by atoms with van der Waals surface area (Å²) in [4.78, 5) is 20.3. The lowest BCUT2D eigenvalue weighted by Crippen LogP contribution is -2.26. The molecule has 0 amide bonds. The van der Waals surface area contributed by atoms with Gasteiger partial charge in [0.1, 0.15) is 24.0 Å². The van der Waals surface area contributed by atoms with Crippen molar-refractivity contribution in [3.05, 3.63) is 87.3 Å². The van der Waals surface area contributed by atoms with Crippen LogP contribution in [0, 0.1) is 4.77 Å². The van der Waals surface area contributed by atoms with Gasteiger partial charge in [0.05, 0.1) is 11.5 Å². The minimum Gasteiger partial charge on any atom is -0.508 e. The summed E-state index contributed by atoms with van der Waals surface area (Å²) in [6, 6.07) is 16.1. The number of nitrogens with one attached hydrogen (secondary N) is 2. The maximum Gasteiger partial charge on any atom is 0.337 e. The predicted molar refractivity (Wildman–Crippen MR) is 116 cm³/mol. The summed E-state index contributed by atoms with van der Waals surface area (Å²) in [6.07, 6.45) is 0. The highest BCUT2D eigenvalue weighted by Crippen LogP contribution is 2.44. The van der Waals surface area contributed by atoms with Crippen LogP contribution in [0.5, 0.6) is 5.75 Å². The molecule has 8 heteroatoms. The molecular weight excluding hydrogens is 400 g/mol. The molecule has 1 unspecified atom stereocenters. The summed E-state index contributed by atoms with van der Waals surface area (Å²) in [5.74, 6) is -0.216. The molecule has 0 saturated carbocycles. The standard InChI is InChI=1S/C22H20N4O3S/c1-12-16(21(28)29-11-13-6-3-2-4-7-13)17(14-8-5-9-15(27)10-14)18-19(23)25-22(30)26-20(18)24-12/h2-10,17,27H,11H2,1H3,(H4,23,24,25,26,30). The van der Waals surface area contributed by atoms with Gasteiger partial charge in [-0.3, -0.25) is 0 Å². The third-order valence-electron chi connectivity index (χ3n) is 4.92. The molecule has 1 aromatic heterocycles. The van der Waals surface area contributed by atoms with Crippen LogP contribution in [0.15, 0.2) is 65.9 Å². The van der Waals surface area contributed by atoms with Gasteiger partial charge in [-0.05, 0) is 42.4 Å². The van der Waals surface area contributed by atoms with Crippen molar-refractivity contribution in [2.45, 2.75) is 19.4 Å². The van der Waals surface area contributed by atoms with Gasteiger partial charge >= 0.3 is 5.97 Å². The van der Waals surface area contributed by atoms with Gasteiger partial charge in [0.15, 0.2) is 4.77 Å². The van der Waals surface area contributed by atoms with Crippen molar-refractivity contribution in [2.75, 3.05) is 11.1 Å². The molecule has 0 bridgehead atoms. The van der Waals surface area contributed by atoms with E-state index in [9.17, 15) is 9.90 Å². The lowest BCUT2D eigenvalue weighted by molar-refractivity contribution is -0.140. The van der Waals surface area contributed by atoms with Gasteiger partial charge in [-0.1, -0.05) is 42.5 Å². The molecular formula is C22H20N4O3S. The number of nitrogens with zero attached hydrogens (tertiary/aromatic N) is 1. The SMILES string of the molecule is CC1=C(C(=O)OCc2ccccc2)C(c2cccc(O)c2)c2c(nc(=S)[nH]c2N)N1. The third kappa shape index (κ3) is 3.77. The van der Waals surface area contributed by atoms with Crippen molar-refractivity contribution in [3.8, 4) is 5.75 Å². The molecule has 2 aromatic carbocycles. The van der Waals surface area contributed by atoms with E-state index >= 15 is 0 Å². The van der Waals surface area contributed by atoms with Crippen LogP contribution in [0.1, 0.15) is 29.5 Å². The molecule has 4 rings (SSSR count). The molecule has 0 spiro atoms. The second-order valence-electron chi connectivity index (χ2n) is 6.97. The number of aromatic amines is 1. The molecule has 1 aliphatic heterocycles. The fourth-order valence-electron chi connectivity index (χ4n) is 3.60. The van der Waals surface area contributed by atoms with Gasteiger partial charge in [-0.2, -0.15) is 0 Å². The van der Waals surface area contributed by atoms with Gasteiger partial charge in [-0.25, -0.2) is 9.78 Å². The zero-order valence-corrected chi connectivity index (χ0v) is 17.0. The number of rotatable bonds is 4. The van der Waals surface area contributed by atoms with Crippen LogP contribution >= 0.6 is 12.2 Å². The van der Waals surface area contributed by atoms with Crippen LogP contribution in [0.4, 0.5) is 11.6 Å². The smallest absolute Gasteiger partial charge is 0.337 e. The molecule has 30 heavy (non-hydrogen) atoms. The summed E-state index contributed by atoms with van der Waals surface area (Å²) in [6.45, 7) is 1.91. The van der Waals surface area contributed by atoms with E-state index in [-0.39, 0.29) is 17.1 Å². The van der Waals surface area contributed by atoms with Crippen LogP contribution in [0.25, 0.3) is 0 Å². The zero-order valence-electron chi connectivity index (χ0n) is 16.2. The number of nitrogen functional groups attached to an aromatic ring is 1.